The van der Waals surface area contributed by atoms with Crippen molar-refractivity contribution in [1.82, 2.24) is 5.32 Å². The van der Waals surface area contributed by atoms with Crippen molar-refractivity contribution in [2.45, 2.75) is 19.1 Å². The molecule has 1 amide bonds. The van der Waals surface area contributed by atoms with Crippen LogP contribution in [0.4, 0.5) is 0 Å². The van der Waals surface area contributed by atoms with Crippen molar-refractivity contribution in [2.75, 3.05) is 19.8 Å². The van der Waals surface area contributed by atoms with Gasteiger partial charge in [0.25, 0.3) is 0 Å². The highest BCUT2D eigenvalue weighted by Crippen LogP contribution is 2.20. The molecule has 3 N–H and O–H groups in total. The summed E-state index contributed by atoms with van der Waals surface area (Å²) in [6.07, 6.45) is -0.359. The molecule has 3 atom stereocenters. The highest BCUT2D eigenvalue weighted by molar-refractivity contribution is 5.73. The molecule has 1 aliphatic heterocycles. The molecular weight excluding hydrogens is 174 g/mol. The van der Waals surface area contributed by atoms with Gasteiger partial charge >= 0.3 is 0 Å². The van der Waals surface area contributed by atoms with E-state index in [1.165, 1.54) is 6.92 Å². The Kier molecular flexibility index (Phi) is 3.65. The van der Waals surface area contributed by atoms with Crippen LogP contribution in [0.5, 0.6) is 0 Å². The molecular formula is C8H15NO4. The lowest BCUT2D eigenvalue weighted by Crippen LogP contribution is -2.42. The van der Waals surface area contributed by atoms with E-state index in [4.69, 9.17) is 14.9 Å². The van der Waals surface area contributed by atoms with Gasteiger partial charge in [0.05, 0.1) is 32.0 Å². The summed E-state index contributed by atoms with van der Waals surface area (Å²) >= 11 is 0. The zero-order valence-electron chi connectivity index (χ0n) is 7.56. The number of carbonyl (C=O) groups is 1. The Hall–Kier alpha value is -0.650. The van der Waals surface area contributed by atoms with Crippen LogP contribution in [0.25, 0.3) is 0 Å². The molecule has 1 heterocycles. The van der Waals surface area contributed by atoms with E-state index in [0.29, 0.717) is 6.61 Å². The molecule has 0 aromatic rings. The predicted molar refractivity (Wildman–Crippen MR) is 45.0 cm³/mol. The lowest BCUT2D eigenvalue weighted by atomic mass is 9.98. The van der Waals surface area contributed by atoms with Gasteiger partial charge in [-0.2, -0.15) is 0 Å². The Morgan fingerprint density at radius 3 is 2.69 bits per heavy atom. The van der Waals surface area contributed by atoms with Gasteiger partial charge in [0.15, 0.2) is 0 Å². The molecule has 2 unspecified atom stereocenters. The first-order chi connectivity index (χ1) is 6.19. The van der Waals surface area contributed by atoms with Crippen LogP contribution in [0.15, 0.2) is 0 Å². The van der Waals surface area contributed by atoms with Gasteiger partial charge in [0.2, 0.25) is 5.91 Å². The maximum Gasteiger partial charge on any atom is 0.217 e. The zero-order chi connectivity index (χ0) is 9.84. The monoisotopic (exact) mass is 189 g/mol. The molecule has 1 fully saturated rings. The van der Waals surface area contributed by atoms with Crippen LogP contribution in [-0.2, 0) is 9.53 Å². The Balaban J connectivity index is 2.51. The van der Waals surface area contributed by atoms with Crippen molar-refractivity contribution in [3.8, 4) is 0 Å². The van der Waals surface area contributed by atoms with E-state index in [1.54, 1.807) is 0 Å². The summed E-state index contributed by atoms with van der Waals surface area (Å²) in [6, 6.07) is -0.181. The van der Waals surface area contributed by atoms with Crippen molar-refractivity contribution in [2.24, 2.45) is 5.92 Å². The van der Waals surface area contributed by atoms with Gasteiger partial charge in [-0.15, -0.1) is 0 Å². The van der Waals surface area contributed by atoms with E-state index in [0.717, 1.165) is 0 Å². The first-order valence-electron chi connectivity index (χ1n) is 4.29. The molecule has 0 aromatic carbocycles. The summed E-state index contributed by atoms with van der Waals surface area (Å²) in [7, 11) is 0. The summed E-state index contributed by atoms with van der Waals surface area (Å²) < 4.78 is 5.19. The van der Waals surface area contributed by atoms with E-state index < -0.39 is 0 Å². The normalized spacial score (nSPS) is 33.3. The van der Waals surface area contributed by atoms with Gasteiger partial charge in [-0.3, -0.25) is 4.79 Å². The minimum Gasteiger partial charge on any atom is -0.396 e. The van der Waals surface area contributed by atoms with Crippen molar-refractivity contribution in [3.63, 3.8) is 0 Å². The molecule has 0 spiro atoms. The highest BCUT2D eigenvalue weighted by Gasteiger charge is 2.36. The number of hydrogen-bond acceptors (Lipinski definition) is 4. The molecule has 76 valence electrons. The highest BCUT2D eigenvalue weighted by atomic mass is 16.5. The van der Waals surface area contributed by atoms with E-state index in [-0.39, 0.29) is 37.2 Å². The van der Waals surface area contributed by atoms with Crippen LogP contribution < -0.4 is 5.32 Å². The molecule has 13 heavy (non-hydrogen) atoms. The number of hydrogen-bond donors (Lipinski definition) is 3. The number of carbonyl (C=O) groups excluding carboxylic acids is 1. The molecule has 0 radical (unpaired) electrons. The van der Waals surface area contributed by atoms with Crippen LogP contribution in [0, 0.1) is 5.92 Å². The van der Waals surface area contributed by atoms with E-state index in [9.17, 15) is 4.79 Å². The molecule has 0 saturated carbocycles. The largest absolute Gasteiger partial charge is 0.396 e. The van der Waals surface area contributed by atoms with E-state index in [2.05, 4.69) is 5.32 Å². The second-order valence-corrected chi connectivity index (χ2v) is 3.21. The van der Waals surface area contributed by atoms with Crippen molar-refractivity contribution in [1.29, 1.82) is 0 Å². The first-order valence-corrected chi connectivity index (χ1v) is 4.29. The number of aliphatic hydroxyl groups excluding tert-OH is 2. The molecule has 0 aromatic heterocycles. The Morgan fingerprint density at radius 2 is 2.23 bits per heavy atom. The van der Waals surface area contributed by atoms with Crippen molar-refractivity contribution < 1.29 is 19.7 Å². The van der Waals surface area contributed by atoms with E-state index >= 15 is 0 Å². The van der Waals surface area contributed by atoms with E-state index in [1.807, 2.05) is 0 Å². The Labute approximate surface area is 76.7 Å². The average molecular weight is 189 g/mol. The standard InChI is InChI=1S/C8H15NO4/c1-5(12)9-7-4-13-8(3-11)6(7)2-10/h6-8,10-11H,2-4H2,1H3,(H,9,12)/t6?,7?,8-/m1/s1. The summed E-state index contributed by atoms with van der Waals surface area (Å²) in [5, 5.41) is 20.6. The molecule has 1 rings (SSSR count). The van der Waals surface area contributed by atoms with Crippen LogP contribution in [-0.4, -0.2) is 48.1 Å². The summed E-state index contributed by atoms with van der Waals surface area (Å²) in [6.45, 7) is 1.56. The Morgan fingerprint density at radius 1 is 1.54 bits per heavy atom. The third-order valence-corrected chi connectivity index (χ3v) is 2.26. The van der Waals surface area contributed by atoms with Crippen molar-refractivity contribution in [3.05, 3.63) is 0 Å². The fourth-order valence-corrected chi connectivity index (χ4v) is 1.58. The number of aliphatic hydroxyl groups is 2. The molecule has 5 nitrogen and oxygen atoms in total. The summed E-state index contributed by atoms with van der Waals surface area (Å²) in [4.78, 5) is 10.7. The predicted octanol–water partition coefficient (Wildman–Crippen LogP) is -1.51. The number of amides is 1. The maximum atomic E-state index is 10.7. The van der Waals surface area contributed by atoms with Gasteiger partial charge in [-0.05, 0) is 0 Å². The van der Waals surface area contributed by atoms with Crippen LogP contribution in [0.3, 0.4) is 0 Å². The van der Waals surface area contributed by atoms with Gasteiger partial charge in [-0.25, -0.2) is 0 Å². The Bertz CT molecular complexity index is 185. The SMILES string of the molecule is CC(=O)NC1CO[C@H](CO)C1CO. The number of ether oxygens (including phenoxy) is 1. The minimum absolute atomic E-state index is 0.0871. The summed E-state index contributed by atoms with van der Waals surface area (Å²) in [5.74, 6) is -0.348. The number of rotatable bonds is 3. The molecule has 0 aliphatic carbocycles. The fourth-order valence-electron chi connectivity index (χ4n) is 1.58. The topological polar surface area (TPSA) is 78.8 Å². The second-order valence-electron chi connectivity index (χ2n) is 3.21. The van der Waals surface area contributed by atoms with Crippen LogP contribution in [0.2, 0.25) is 0 Å². The lowest BCUT2D eigenvalue weighted by Gasteiger charge is -2.19. The maximum absolute atomic E-state index is 10.7. The molecule has 5 heteroatoms. The fraction of sp³-hybridized carbons (Fsp3) is 0.875. The van der Waals surface area contributed by atoms with Crippen LogP contribution in [0.1, 0.15) is 6.92 Å². The first kappa shape index (κ1) is 10.4. The number of nitrogens with one attached hydrogen (secondary N) is 1. The minimum atomic E-state index is -0.359. The molecule has 0 bridgehead atoms. The lowest BCUT2D eigenvalue weighted by molar-refractivity contribution is -0.119. The van der Waals surface area contributed by atoms with Gasteiger partial charge in [0, 0.05) is 12.8 Å². The third-order valence-electron chi connectivity index (χ3n) is 2.26. The molecule has 1 saturated heterocycles. The van der Waals surface area contributed by atoms with Gasteiger partial charge in [-0.1, -0.05) is 0 Å². The molecule has 1 aliphatic rings. The van der Waals surface area contributed by atoms with Crippen molar-refractivity contribution >= 4 is 5.91 Å². The van der Waals surface area contributed by atoms with Gasteiger partial charge in [0.1, 0.15) is 0 Å². The average Bonchev–Trinajstić information content (AvgIpc) is 2.45. The quantitative estimate of drug-likeness (QED) is 0.504. The summed E-state index contributed by atoms with van der Waals surface area (Å²) in [5.41, 5.74) is 0. The zero-order valence-corrected chi connectivity index (χ0v) is 7.56. The van der Waals surface area contributed by atoms with Gasteiger partial charge < -0.3 is 20.3 Å². The van der Waals surface area contributed by atoms with Crippen LogP contribution >= 0.6 is 0 Å². The third kappa shape index (κ3) is 2.40. The smallest absolute Gasteiger partial charge is 0.217 e. The second kappa shape index (κ2) is 4.55.